The summed E-state index contributed by atoms with van der Waals surface area (Å²) in [6, 6.07) is 33.6. The van der Waals surface area contributed by atoms with Gasteiger partial charge in [0.05, 0.1) is 32.1 Å². The average molecular weight is 563 g/mol. The van der Waals surface area contributed by atoms with Crippen LogP contribution in [0.15, 0.2) is 112 Å². The van der Waals surface area contributed by atoms with Crippen molar-refractivity contribution in [1.82, 2.24) is 0 Å². The van der Waals surface area contributed by atoms with Crippen LogP contribution >= 0.6 is 0 Å². The normalized spacial score (nSPS) is 16.5. The van der Waals surface area contributed by atoms with Crippen LogP contribution in [0, 0.1) is 11.8 Å². The summed E-state index contributed by atoms with van der Waals surface area (Å²) >= 11 is 0. The number of nitrogens with one attached hydrogen (secondary N) is 1. The van der Waals surface area contributed by atoms with E-state index in [1.807, 2.05) is 111 Å². The highest BCUT2D eigenvalue weighted by molar-refractivity contribution is 5.65. The average Bonchev–Trinajstić information content (AvgIpc) is 3.04. The van der Waals surface area contributed by atoms with Crippen LogP contribution in [0.5, 0.6) is 23.0 Å². The molecule has 2 unspecified atom stereocenters. The highest BCUT2D eigenvalue weighted by Gasteiger charge is 2.27. The molecule has 214 valence electrons. The van der Waals surface area contributed by atoms with Gasteiger partial charge < -0.3 is 24.3 Å². The van der Waals surface area contributed by atoms with Gasteiger partial charge in [0.25, 0.3) is 0 Å². The molecular weight excluding hydrogens is 528 g/mol. The van der Waals surface area contributed by atoms with Gasteiger partial charge in [-0.3, -0.25) is 4.99 Å². The van der Waals surface area contributed by atoms with Crippen molar-refractivity contribution in [2.45, 2.75) is 6.92 Å². The van der Waals surface area contributed by atoms with Crippen LogP contribution < -0.4 is 24.3 Å². The second-order valence-electron chi connectivity index (χ2n) is 9.62. The smallest absolute Gasteiger partial charge is 0.145 e. The molecule has 42 heavy (non-hydrogen) atoms. The van der Waals surface area contributed by atoms with Gasteiger partial charge in [-0.25, -0.2) is 0 Å². The maximum absolute atomic E-state index is 6.39. The molecule has 1 aliphatic rings. The molecule has 0 saturated carbocycles. The minimum atomic E-state index is -0.128. The van der Waals surface area contributed by atoms with E-state index in [0.29, 0.717) is 55.1 Å². The van der Waals surface area contributed by atoms with Gasteiger partial charge in [-0.2, -0.15) is 9.98 Å². The van der Waals surface area contributed by atoms with E-state index in [1.54, 1.807) is 6.21 Å². The fourth-order valence-corrected chi connectivity index (χ4v) is 4.53. The van der Waals surface area contributed by atoms with E-state index in [1.165, 1.54) is 0 Å². The number of nitrogens with zero attached hydrogens (tertiary/aromatic N) is 3. The van der Waals surface area contributed by atoms with E-state index >= 15 is 0 Å². The number of ether oxygens (including phenoxy) is 4. The Labute approximate surface area is 246 Å². The molecule has 4 aromatic rings. The fraction of sp³-hybridized carbons (Fsp3) is 0.235. The molecule has 1 N–H and O–H groups in total. The SMILES string of the molecule is CC=Nc1ccccc1OCC1COc2ccccc2N=C=Nc2ccccc2OCC1COc1ccccc1NC. The van der Waals surface area contributed by atoms with Crippen LogP contribution in [0.1, 0.15) is 6.92 Å². The van der Waals surface area contributed by atoms with Gasteiger partial charge in [-0.05, 0) is 55.5 Å². The first-order valence-corrected chi connectivity index (χ1v) is 14.0. The maximum Gasteiger partial charge on any atom is 0.145 e. The molecule has 0 saturated heterocycles. The highest BCUT2D eigenvalue weighted by Crippen LogP contribution is 2.33. The number of hydrogen-bond acceptors (Lipinski definition) is 8. The molecule has 1 aliphatic heterocycles. The van der Waals surface area contributed by atoms with Crippen molar-refractivity contribution in [3.05, 3.63) is 97.1 Å². The van der Waals surface area contributed by atoms with Crippen LogP contribution in [-0.2, 0) is 0 Å². The Hall–Kier alpha value is -5.07. The van der Waals surface area contributed by atoms with Gasteiger partial charge in [-0.15, -0.1) is 0 Å². The van der Waals surface area contributed by atoms with Crippen molar-refractivity contribution in [2.24, 2.45) is 26.8 Å². The van der Waals surface area contributed by atoms with Crippen molar-refractivity contribution in [2.75, 3.05) is 38.8 Å². The van der Waals surface area contributed by atoms with Crippen LogP contribution in [0.4, 0.5) is 22.7 Å². The number of benzene rings is 4. The molecule has 2 atom stereocenters. The van der Waals surface area contributed by atoms with E-state index in [2.05, 4.69) is 26.3 Å². The molecule has 8 heteroatoms. The van der Waals surface area contributed by atoms with E-state index in [0.717, 1.165) is 17.1 Å². The molecule has 0 aromatic heterocycles. The Morgan fingerprint density at radius 3 is 1.90 bits per heavy atom. The lowest BCUT2D eigenvalue weighted by Gasteiger charge is -2.28. The lowest BCUT2D eigenvalue weighted by atomic mass is 9.95. The van der Waals surface area contributed by atoms with Gasteiger partial charge >= 0.3 is 0 Å². The Morgan fingerprint density at radius 2 is 1.29 bits per heavy atom. The zero-order valence-electron chi connectivity index (χ0n) is 23.8. The maximum atomic E-state index is 6.39. The van der Waals surface area contributed by atoms with Crippen LogP contribution in [0.25, 0.3) is 0 Å². The standard InChI is InChI=1S/C34H34N4O4/c1-3-36-28-13-5-9-17-32(28)40-21-26-23-42-34-19-11-7-15-30(34)38-24-37-29-14-6-10-18-33(29)41-22-25(26)20-39-31-16-8-4-12-27(31)35-2/h3-19,25-26,35H,20-23H2,1-2H3. The lowest BCUT2D eigenvalue weighted by molar-refractivity contribution is 0.0679. The summed E-state index contributed by atoms with van der Waals surface area (Å²) in [7, 11) is 1.88. The van der Waals surface area contributed by atoms with Crippen molar-refractivity contribution in [3.8, 4) is 23.0 Å². The summed E-state index contributed by atoms with van der Waals surface area (Å²) in [5.41, 5.74) is 2.95. The van der Waals surface area contributed by atoms with Gasteiger partial charge in [0.1, 0.15) is 46.1 Å². The zero-order chi connectivity index (χ0) is 29.0. The molecule has 1 heterocycles. The molecule has 4 aromatic carbocycles. The molecular formula is C34H34N4O4. The monoisotopic (exact) mass is 562 g/mol. The third kappa shape index (κ3) is 7.36. The third-order valence-electron chi connectivity index (χ3n) is 6.84. The summed E-state index contributed by atoms with van der Waals surface area (Å²) in [5.74, 6) is 2.48. The Bertz CT molecular complexity index is 1560. The minimum Gasteiger partial charge on any atom is -0.491 e. The summed E-state index contributed by atoms with van der Waals surface area (Å²) < 4.78 is 25.5. The van der Waals surface area contributed by atoms with Gasteiger partial charge in [-0.1, -0.05) is 48.5 Å². The second-order valence-corrected chi connectivity index (χ2v) is 9.62. The Morgan fingerprint density at radius 1 is 0.762 bits per heavy atom. The number of aliphatic imine (C=N–C) groups is 3. The van der Waals surface area contributed by atoms with E-state index in [9.17, 15) is 0 Å². The number of hydrogen-bond donors (Lipinski definition) is 1. The fourth-order valence-electron chi connectivity index (χ4n) is 4.53. The van der Waals surface area contributed by atoms with Gasteiger partial charge in [0, 0.05) is 25.1 Å². The third-order valence-corrected chi connectivity index (χ3v) is 6.84. The molecule has 0 bridgehead atoms. The minimum absolute atomic E-state index is 0.123. The number of fused-ring (bicyclic) bond motifs is 2. The van der Waals surface area contributed by atoms with E-state index < -0.39 is 0 Å². The lowest BCUT2D eigenvalue weighted by Crippen LogP contribution is -2.35. The summed E-state index contributed by atoms with van der Waals surface area (Å²) in [4.78, 5) is 13.3. The Balaban J connectivity index is 1.49. The van der Waals surface area contributed by atoms with Crippen LogP contribution in [0.2, 0.25) is 0 Å². The number of rotatable bonds is 8. The largest absolute Gasteiger partial charge is 0.491 e. The molecule has 8 nitrogen and oxygen atoms in total. The molecule has 5 rings (SSSR count). The van der Waals surface area contributed by atoms with Crippen LogP contribution in [0.3, 0.4) is 0 Å². The first-order chi connectivity index (χ1) is 20.7. The van der Waals surface area contributed by atoms with Crippen molar-refractivity contribution in [3.63, 3.8) is 0 Å². The second kappa shape index (κ2) is 14.5. The number of anilines is 1. The predicted molar refractivity (Wildman–Crippen MR) is 167 cm³/mol. The van der Waals surface area contributed by atoms with Gasteiger partial charge in [0.2, 0.25) is 0 Å². The number of para-hydroxylation sites is 8. The summed E-state index contributed by atoms with van der Waals surface area (Å²) in [6.07, 6.45) is 1.75. The molecule has 0 amide bonds. The van der Waals surface area contributed by atoms with E-state index in [-0.39, 0.29) is 11.8 Å². The first-order valence-electron chi connectivity index (χ1n) is 14.0. The molecule has 0 radical (unpaired) electrons. The van der Waals surface area contributed by atoms with Crippen molar-refractivity contribution < 1.29 is 18.9 Å². The van der Waals surface area contributed by atoms with Crippen molar-refractivity contribution >= 4 is 35.0 Å². The summed E-state index contributed by atoms with van der Waals surface area (Å²) in [6.45, 7) is 3.29. The quantitative estimate of drug-likeness (QED) is 0.222. The Kier molecular flexibility index (Phi) is 9.84. The van der Waals surface area contributed by atoms with Crippen LogP contribution in [-0.4, -0.2) is 45.7 Å². The van der Waals surface area contributed by atoms with E-state index in [4.69, 9.17) is 18.9 Å². The molecule has 0 aliphatic carbocycles. The molecule has 0 fully saturated rings. The first kappa shape index (κ1) is 28.5. The zero-order valence-corrected chi connectivity index (χ0v) is 23.8. The predicted octanol–water partition coefficient (Wildman–Crippen LogP) is 7.75. The highest BCUT2D eigenvalue weighted by atomic mass is 16.5. The molecule has 0 spiro atoms. The summed E-state index contributed by atoms with van der Waals surface area (Å²) in [5, 5.41) is 3.20. The van der Waals surface area contributed by atoms with Gasteiger partial charge in [0.15, 0.2) is 0 Å². The topological polar surface area (TPSA) is 86.0 Å². The van der Waals surface area contributed by atoms with Crippen molar-refractivity contribution in [1.29, 1.82) is 0 Å².